The predicted octanol–water partition coefficient (Wildman–Crippen LogP) is 2.33. The van der Waals surface area contributed by atoms with Crippen molar-refractivity contribution in [1.82, 2.24) is 9.97 Å². The molecule has 2 rings (SSSR count). The Morgan fingerprint density at radius 3 is 2.71 bits per heavy atom. The van der Waals surface area contributed by atoms with Gasteiger partial charge < -0.3 is 10.6 Å². The standard InChI is InChI=1S/C12H10ClN5O3/c1-14-11-8(13)4-7(5-9(11)18(20)21)12(19)17-10-6-15-2-3-16-10/h2-6,14H,1H3,(H,16,17,19). The molecular weight excluding hydrogens is 298 g/mol. The van der Waals surface area contributed by atoms with E-state index in [9.17, 15) is 14.9 Å². The van der Waals surface area contributed by atoms with Crippen LogP contribution in [0.1, 0.15) is 10.4 Å². The van der Waals surface area contributed by atoms with E-state index in [1.54, 1.807) is 0 Å². The second kappa shape index (κ2) is 6.14. The number of hydrogen-bond acceptors (Lipinski definition) is 6. The van der Waals surface area contributed by atoms with Crippen LogP contribution in [-0.4, -0.2) is 27.8 Å². The zero-order valence-electron chi connectivity index (χ0n) is 10.8. The molecule has 0 aliphatic rings. The molecular formula is C12H10ClN5O3. The number of rotatable bonds is 4. The van der Waals surface area contributed by atoms with E-state index >= 15 is 0 Å². The minimum Gasteiger partial charge on any atom is -0.381 e. The second-order valence-corrected chi connectivity index (χ2v) is 4.31. The molecule has 1 amide bonds. The Kier molecular flexibility index (Phi) is 4.29. The first-order chi connectivity index (χ1) is 10.0. The fourth-order valence-corrected chi connectivity index (χ4v) is 1.98. The van der Waals surface area contributed by atoms with Crippen LogP contribution in [0.2, 0.25) is 5.02 Å². The van der Waals surface area contributed by atoms with Gasteiger partial charge >= 0.3 is 0 Å². The Morgan fingerprint density at radius 1 is 1.38 bits per heavy atom. The Morgan fingerprint density at radius 2 is 2.14 bits per heavy atom. The van der Waals surface area contributed by atoms with Crippen LogP contribution in [0.15, 0.2) is 30.7 Å². The lowest BCUT2D eigenvalue weighted by Crippen LogP contribution is -2.14. The fraction of sp³-hybridized carbons (Fsp3) is 0.0833. The van der Waals surface area contributed by atoms with Crippen LogP contribution in [0.3, 0.4) is 0 Å². The number of carbonyl (C=O) groups excluding carboxylic acids is 1. The Labute approximate surface area is 124 Å². The van der Waals surface area contributed by atoms with E-state index in [1.165, 1.54) is 31.7 Å². The number of nitrogens with zero attached hydrogens (tertiary/aromatic N) is 3. The van der Waals surface area contributed by atoms with Gasteiger partial charge in [0, 0.05) is 31.1 Å². The van der Waals surface area contributed by atoms with Crippen molar-refractivity contribution >= 4 is 34.7 Å². The zero-order valence-corrected chi connectivity index (χ0v) is 11.6. The first kappa shape index (κ1) is 14.7. The molecule has 21 heavy (non-hydrogen) atoms. The Bertz CT molecular complexity index is 693. The summed E-state index contributed by atoms with van der Waals surface area (Å²) in [7, 11) is 1.51. The van der Waals surface area contributed by atoms with Crippen LogP contribution in [0, 0.1) is 10.1 Å². The van der Waals surface area contributed by atoms with E-state index in [2.05, 4.69) is 20.6 Å². The lowest BCUT2D eigenvalue weighted by atomic mass is 10.1. The summed E-state index contributed by atoms with van der Waals surface area (Å²) in [6, 6.07) is 2.48. The molecule has 108 valence electrons. The highest BCUT2D eigenvalue weighted by Crippen LogP contribution is 2.33. The molecule has 1 heterocycles. The van der Waals surface area contributed by atoms with Crippen molar-refractivity contribution in [3.05, 3.63) is 51.4 Å². The number of aromatic nitrogens is 2. The summed E-state index contributed by atoms with van der Waals surface area (Å²) < 4.78 is 0. The summed E-state index contributed by atoms with van der Waals surface area (Å²) in [6.45, 7) is 0. The zero-order chi connectivity index (χ0) is 15.4. The third kappa shape index (κ3) is 3.23. The van der Waals surface area contributed by atoms with Crippen LogP contribution >= 0.6 is 11.6 Å². The molecule has 0 atom stereocenters. The average Bonchev–Trinajstić information content (AvgIpc) is 2.47. The van der Waals surface area contributed by atoms with Crippen molar-refractivity contribution in [2.24, 2.45) is 0 Å². The average molecular weight is 308 g/mol. The van der Waals surface area contributed by atoms with Crippen LogP contribution in [-0.2, 0) is 0 Å². The van der Waals surface area contributed by atoms with E-state index in [-0.39, 0.29) is 27.8 Å². The number of hydrogen-bond donors (Lipinski definition) is 2. The van der Waals surface area contributed by atoms with Gasteiger partial charge in [-0.3, -0.25) is 19.9 Å². The molecule has 1 aromatic carbocycles. The lowest BCUT2D eigenvalue weighted by Gasteiger charge is -2.08. The van der Waals surface area contributed by atoms with Crippen molar-refractivity contribution in [3.63, 3.8) is 0 Å². The molecule has 0 aliphatic heterocycles. The predicted molar refractivity (Wildman–Crippen MR) is 77.6 cm³/mol. The molecule has 0 saturated heterocycles. The van der Waals surface area contributed by atoms with Gasteiger partial charge in [-0.1, -0.05) is 11.6 Å². The number of amides is 1. The third-order valence-corrected chi connectivity index (χ3v) is 2.88. The highest BCUT2D eigenvalue weighted by Gasteiger charge is 2.20. The molecule has 0 radical (unpaired) electrons. The molecule has 0 fully saturated rings. The summed E-state index contributed by atoms with van der Waals surface area (Å²) >= 11 is 5.95. The van der Waals surface area contributed by atoms with Crippen molar-refractivity contribution < 1.29 is 9.72 Å². The smallest absolute Gasteiger partial charge is 0.294 e. The molecule has 9 heteroatoms. The van der Waals surface area contributed by atoms with Gasteiger partial charge in [0.25, 0.3) is 11.6 Å². The molecule has 2 N–H and O–H groups in total. The topological polar surface area (TPSA) is 110 Å². The van der Waals surface area contributed by atoms with Gasteiger partial charge in [0.1, 0.15) is 5.69 Å². The highest BCUT2D eigenvalue weighted by molar-refractivity contribution is 6.34. The van der Waals surface area contributed by atoms with E-state index in [0.717, 1.165) is 6.07 Å². The van der Waals surface area contributed by atoms with E-state index in [4.69, 9.17) is 11.6 Å². The minimum atomic E-state index is -0.614. The summed E-state index contributed by atoms with van der Waals surface area (Å²) in [5.41, 5.74) is -0.0802. The van der Waals surface area contributed by atoms with Crippen molar-refractivity contribution in [1.29, 1.82) is 0 Å². The summed E-state index contributed by atoms with van der Waals surface area (Å²) in [5.74, 6) is -0.331. The summed E-state index contributed by atoms with van der Waals surface area (Å²) in [5, 5.41) is 16.2. The van der Waals surface area contributed by atoms with Crippen LogP contribution in [0.4, 0.5) is 17.2 Å². The van der Waals surface area contributed by atoms with E-state index in [1.807, 2.05) is 0 Å². The van der Waals surface area contributed by atoms with E-state index < -0.39 is 10.8 Å². The maximum Gasteiger partial charge on any atom is 0.294 e. The molecule has 1 aromatic heterocycles. The number of carbonyl (C=O) groups is 1. The number of anilines is 2. The van der Waals surface area contributed by atoms with Crippen LogP contribution in [0.5, 0.6) is 0 Å². The molecule has 8 nitrogen and oxygen atoms in total. The second-order valence-electron chi connectivity index (χ2n) is 3.90. The first-order valence-corrected chi connectivity index (χ1v) is 6.13. The SMILES string of the molecule is CNc1c(Cl)cc(C(=O)Nc2cnccn2)cc1[N+](=O)[O-]. The van der Waals surface area contributed by atoms with Gasteiger partial charge in [0.2, 0.25) is 0 Å². The number of nitro benzene ring substituents is 1. The monoisotopic (exact) mass is 307 g/mol. The first-order valence-electron chi connectivity index (χ1n) is 5.76. The summed E-state index contributed by atoms with van der Waals surface area (Å²) in [6.07, 6.45) is 4.23. The van der Waals surface area contributed by atoms with E-state index in [0.29, 0.717) is 0 Å². The number of nitro groups is 1. The lowest BCUT2D eigenvalue weighted by molar-refractivity contribution is -0.383. The van der Waals surface area contributed by atoms with Gasteiger partial charge in [0.15, 0.2) is 5.82 Å². The molecule has 0 aliphatic carbocycles. The Hall–Kier alpha value is -2.74. The molecule has 2 aromatic rings. The van der Waals surface area contributed by atoms with Gasteiger partial charge in [-0.2, -0.15) is 0 Å². The Balaban J connectivity index is 2.36. The van der Waals surface area contributed by atoms with Crippen LogP contribution in [0.25, 0.3) is 0 Å². The maximum absolute atomic E-state index is 12.1. The van der Waals surface area contributed by atoms with Crippen LogP contribution < -0.4 is 10.6 Å². The number of benzene rings is 1. The quantitative estimate of drug-likeness (QED) is 0.662. The fourth-order valence-electron chi connectivity index (χ4n) is 1.67. The van der Waals surface area contributed by atoms with Crippen molar-refractivity contribution in [2.75, 3.05) is 17.7 Å². The summed E-state index contributed by atoms with van der Waals surface area (Å²) in [4.78, 5) is 30.1. The van der Waals surface area contributed by atoms with Gasteiger partial charge in [-0.15, -0.1) is 0 Å². The maximum atomic E-state index is 12.1. The van der Waals surface area contributed by atoms with Crippen molar-refractivity contribution in [3.8, 4) is 0 Å². The van der Waals surface area contributed by atoms with Gasteiger partial charge in [-0.05, 0) is 6.07 Å². The molecule has 0 unspecified atom stereocenters. The van der Waals surface area contributed by atoms with Gasteiger partial charge in [0.05, 0.1) is 16.1 Å². The molecule has 0 bridgehead atoms. The highest BCUT2D eigenvalue weighted by atomic mass is 35.5. The van der Waals surface area contributed by atoms with Crippen molar-refractivity contribution in [2.45, 2.75) is 0 Å². The third-order valence-electron chi connectivity index (χ3n) is 2.58. The molecule has 0 spiro atoms. The largest absolute Gasteiger partial charge is 0.381 e. The van der Waals surface area contributed by atoms with Gasteiger partial charge in [-0.25, -0.2) is 4.98 Å². The normalized spacial score (nSPS) is 10.0. The minimum absolute atomic E-state index is 0.0522. The number of halogens is 1. The number of nitrogens with one attached hydrogen (secondary N) is 2. The molecule has 0 saturated carbocycles.